The summed E-state index contributed by atoms with van der Waals surface area (Å²) >= 11 is 0. The van der Waals surface area contributed by atoms with Crippen LogP contribution in [0.3, 0.4) is 0 Å². The Hall–Kier alpha value is -1.36. The van der Waals surface area contributed by atoms with Crippen molar-refractivity contribution in [1.82, 2.24) is 5.32 Å². The van der Waals surface area contributed by atoms with Crippen LogP contribution >= 0.6 is 0 Å². The third kappa shape index (κ3) is 5.42. The topological polar surface area (TPSA) is 153 Å². The minimum Gasteiger partial charge on any atom is -0.480 e. The number of nitrogens with one attached hydrogen (secondary N) is 1. The van der Waals surface area contributed by atoms with E-state index in [4.69, 9.17) is 10.8 Å². The molecule has 0 aromatic rings. The number of carboxylic acids is 1. The summed E-state index contributed by atoms with van der Waals surface area (Å²) in [5.74, 6) is -0.724. The molecule has 7 N–H and O–H groups in total. The average Bonchev–Trinajstić information content (AvgIpc) is 3.24. The molecule has 0 bridgehead atoms. The van der Waals surface area contributed by atoms with Crippen molar-refractivity contribution in [2.24, 2.45) is 52.1 Å². The van der Waals surface area contributed by atoms with Crippen molar-refractivity contribution in [3.63, 3.8) is 0 Å². The Morgan fingerprint density at radius 1 is 1.07 bits per heavy atom. The number of hydrogen-bond acceptors (Lipinski definition) is 6. The molecule has 10 heteroatoms. The molecule has 0 saturated heterocycles. The predicted octanol–water partition coefficient (Wildman–Crippen LogP) is 3.31. The molecule has 0 aromatic carbocycles. The molecule has 4 rings (SSSR count). The fourth-order valence-corrected chi connectivity index (χ4v) is 9.70. The number of amides is 1. The fourth-order valence-electron chi connectivity index (χ4n) is 9.70. The molecule has 4 aliphatic carbocycles. The van der Waals surface area contributed by atoms with Crippen LogP contribution in [0.5, 0.6) is 0 Å². The normalized spacial score (nSPS) is 43.2. The number of aliphatic carboxylic acids is 1. The minimum atomic E-state index is -3.20. The highest BCUT2D eigenvalue weighted by Gasteiger charge is 2.65. The van der Waals surface area contributed by atoms with Crippen molar-refractivity contribution in [2.75, 3.05) is 6.54 Å². The second-order valence-corrected chi connectivity index (χ2v) is 14.1. The third-order valence-electron chi connectivity index (χ3n) is 12.2. The number of carboxylic acid groups (broad SMARTS) is 1. The highest BCUT2D eigenvalue weighted by molar-refractivity contribution is 5.79. The van der Waals surface area contributed by atoms with Crippen LogP contribution in [0.4, 0.5) is 8.78 Å². The van der Waals surface area contributed by atoms with Crippen LogP contribution < -0.4 is 11.1 Å². The van der Waals surface area contributed by atoms with Gasteiger partial charge in [-0.2, -0.15) is 0 Å². The maximum Gasteiger partial charge on any atom is 0.329 e. The predicted molar refractivity (Wildman–Crippen MR) is 145 cm³/mol. The first-order chi connectivity index (χ1) is 18.7. The lowest BCUT2D eigenvalue weighted by atomic mass is 9.43. The molecule has 4 aliphatic rings. The summed E-state index contributed by atoms with van der Waals surface area (Å²) in [4.78, 5) is 23.6. The van der Waals surface area contributed by atoms with Crippen molar-refractivity contribution in [1.29, 1.82) is 0 Å². The molecule has 0 aliphatic heterocycles. The first-order valence-corrected chi connectivity index (χ1v) is 15.3. The van der Waals surface area contributed by atoms with Crippen molar-refractivity contribution < 1.29 is 38.8 Å². The van der Waals surface area contributed by atoms with Crippen LogP contribution in [-0.2, 0) is 9.59 Å². The van der Waals surface area contributed by atoms with E-state index in [0.29, 0.717) is 19.3 Å². The number of rotatable bonds is 10. The fraction of sp³-hybridized carbons (Fsp3) is 0.933. The maximum atomic E-state index is 13.0. The van der Waals surface area contributed by atoms with Gasteiger partial charge in [-0.1, -0.05) is 20.8 Å². The van der Waals surface area contributed by atoms with Crippen LogP contribution in [0.15, 0.2) is 0 Å². The van der Waals surface area contributed by atoms with Crippen LogP contribution in [0, 0.1) is 46.3 Å². The molecule has 230 valence electrons. The number of carbonyl (C=O) groups excluding carboxylic acids is 1. The van der Waals surface area contributed by atoms with Crippen molar-refractivity contribution in [3.05, 3.63) is 0 Å². The SMILES string of the molecule is CC(CCC(=O)NCCCC(N)(C(=O)O)C(F)F)C1CCC2C3C(O)CC4CC(O)CCC4(C)C3CC(O)C12C. The maximum absolute atomic E-state index is 13.0. The van der Waals surface area contributed by atoms with Gasteiger partial charge in [-0.25, -0.2) is 13.6 Å². The second-order valence-electron chi connectivity index (χ2n) is 14.1. The van der Waals surface area contributed by atoms with E-state index in [0.717, 1.165) is 32.1 Å². The van der Waals surface area contributed by atoms with Crippen LogP contribution in [0.1, 0.15) is 91.4 Å². The summed E-state index contributed by atoms with van der Waals surface area (Å²) < 4.78 is 26.1. The Morgan fingerprint density at radius 2 is 1.77 bits per heavy atom. The van der Waals surface area contributed by atoms with Crippen LogP contribution in [-0.4, -0.2) is 69.1 Å². The first kappa shape index (κ1) is 31.6. The second kappa shape index (κ2) is 11.7. The molecule has 1 amide bonds. The molecule has 8 nitrogen and oxygen atoms in total. The number of halogens is 2. The summed E-state index contributed by atoms with van der Waals surface area (Å²) in [6.07, 6.45) is 1.78. The lowest BCUT2D eigenvalue weighted by molar-refractivity contribution is -0.207. The van der Waals surface area contributed by atoms with Crippen LogP contribution in [0.2, 0.25) is 0 Å². The van der Waals surface area contributed by atoms with Gasteiger partial charge in [0.25, 0.3) is 6.43 Å². The zero-order valence-corrected chi connectivity index (χ0v) is 24.2. The molecule has 0 spiro atoms. The van der Waals surface area contributed by atoms with Gasteiger partial charge in [-0.15, -0.1) is 0 Å². The number of alkyl halides is 2. The molecular formula is C30H50F2N2O6. The van der Waals surface area contributed by atoms with E-state index in [1.165, 1.54) is 0 Å². The molecule has 4 saturated carbocycles. The Balaban J connectivity index is 1.33. The molecule has 0 heterocycles. The molecule has 0 radical (unpaired) electrons. The standard InChI is InChI=1S/C30H50F2N2O6/c1-16(5-8-24(38)34-12-4-10-30(33,26(31)32)27(39)40)19-6-7-20-25-21(15-23(37)29(19,20)3)28(2)11-9-18(35)13-17(28)14-22(25)36/h16-23,25-26,35-37H,4-15,33H2,1-3H3,(H,34,38)(H,39,40). The van der Waals surface area contributed by atoms with Gasteiger partial charge in [0, 0.05) is 13.0 Å². The van der Waals surface area contributed by atoms with E-state index >= 15 is 0 Å². The zero-order valence-electron chi connectivity index (χ0n) is 24.2. The van der Waals surface area contributed by atoms with E-state index in [2.05, 4.69) is 26.1 Å². The molecule has 12 atom stereocenters. The zero-order chi connectivity index (χ0) is 29.6. The van der Waals surface area contributed by atoms with Crippen LogP contribution in [0.25, 0.3) is 0 Å². The monoisotopic (exact) mass is 572 g/mol. The van der Waals surface area contributed by atoms with Gasteiger partial charge >= 0.3 is 5.97 Å². The molecule has 12 unspecified atom stereocenters. The first-order valence-electron chi connectivity index (χ1n) is 15.3. The van der Waals surface area contributed by atoms with Gasteiger partial charge < -0.3 is 31.5 Å². The number of aliphatic hydroxyl groups is 3. The quantitative estimate of drug-likeness (QED) is 0.220. The molecule has 40 heavy (non-hydrogen) atoms. The van der Waals surface area contributed by atoms with E-state index in [-0.39, 0.29) is 77.7 Å². The number of carbonyl (C=O) groups is 2. The molecule has 0 aromatic heterocycles. The van der Waals surface area contributed by atoms with E-state index < -0.39 is 36.6 Å². The number of fused-ring (bicyclic) bond motifs is 5. The summed E-state index contributed by atoms with van der Waals surface area (Å²) in [6.45, 7) is 6.70. The summed E-state index contributed by atoms with van der Waals surface area (Å²) in [6, 6.07) is 0. The van der Waals surface area contributed by atoms with Crippen molar-refractivity contribution >= 4 is 11.9 Å². The van der Waals surface area contributed by atoms with Crippen molar-refractivity contribution in [3.8, 4) is 0 Å². The Kier molecular flexibility index (Phi) is 9.26. The van der Waals surface area contributed by atoms with E-state index in [1.54, 1.807) is 0 Å². The third-order valence-corrected chi connectivity index (χ3v) is 12.2. The summed E-state index contributed by atoms with van der Waals surface area (Å²) in [7, 11) is 0. The summed E-state index contributed by atoms with van der Waals surface area (Å²) in [5, 5.41) is 45.1. The Labute approximate surface area is 236 Å². The lowest BCUT2D eigenvalue weighted by Gasteiger charge is -2.63. The highest BCUT2D eigenvalue weighted by Crippen LogP contribution is 2.68. The van der Waals surface area contributed by atoms with Gasteiger partial charge in [0.1, 0.15) is 0 Å². The number of nitrogens with two attached hydrogens (primary N) is 1. The summed E-state index contributed by atoms with van der Waals surface area (Å²) in [5.41, 5.74) is 2.40. The van der Waals surface area contributed by atoms with Gasteiger partial charge in [-0.05, 0) is 111 Å². The van der Waals surface area contributed by atoms with Crippen molar-refractivity contribution in [2.45, 2.75) is 122 Å². The number of hydrogen-bond donors (Lipinski definition) is 6. The van der Waals surface area contributed by atoms with Gasteiger partial charge in [0.05, 0.1) is 18.3 Å². The smallest absolute Gasteiger partial charge is 0.329 e. The van der Waals surface area contributed by atoms with E-state index in [9.17, 15) is 33.7 Å². The van der Waals surface area contributed by atoms with E-state index in [1.807, 2.05) is 0 Å². The lowest BCUT2D eigenvalue weighted by Crippen LogP contribution is -2.62. The average molecular weight is 573 g/mol. The number of aliphatic hydroxyl groups excluding tert-OH is 3. The Morgan fingerprint density at radius 3 is 2.42 bits per heavy atom. The van der Waals surface area contributed by atoms with Gasteiger partial charge in [0.15, 0.2) is 5.54 Å². The van der Waals surface area contributed by atoms with Gasteiger partial charge in [0.2, 0.25) is 5.91 Å². The molecule has 4 fully saturated rings. The van der Waals surface area contributed by atoms with Gasteiger partial charge in [-0.3, -0.25) is 4.79 Å². The molecular weight excluding hydrogens is 522 g/mol. The minimum absolute atomic E-state index is 0.0244. The highest BCUT2D eigenvalue weighted by atomic mass is 19.3. The largest absolute Gasteiger partial charge is 0.480 e. The Bertz CT molecular complexity index is 940.